The number of rotatable bonds is 5. The zero-order chi connectivity index (χ0) is 13.4. The number of aromatic nitrogens is 2. The van der Waals surface area contributed by atoms with Crippen LogP contribution in [0.2, 0.25) is 0 Å². The van der Waals surface area contributed by atoms with E-state index in [1.807, 2.05) is 6.07 Å². The van der Waals surface area contributed by atoms with Crippen LogP contribution < -0.4 is 0 Å². The number of fused-ring (bicyclic) bond motifs is 1. The summed E-state index contributed by atoms with van der Waals surface area (Å²) < 4.78 is 2.20. The van der Waals surface area contributed by atoms with Crippen LogP contribution >= 0.6 is 11.8 Å². The number of para-hydroxylation sites is 1. The van der Waals surface area contributed by atoms with Crippen molar-refractivity contribution < 1.29 is 9.90 Å². The van der Waals surface area contributed by atoms with Crippen LogP contribution in [0.4, 0.5) is 0 Å². The molecule has 1 aliphatic carbocycles. The van der Waals surface area contributed by atoms with Gasteiger partial charge in [-0.05, 0) is 31.2 Å². The summed E-state index contributed by atoms with van der Waals surface area (Å²) in [5, 5.41) is 9.26. The van der Waals surface area contributed by atoms with Gasteiger partial charge in [0.2, 0.25) is 0 Å². The maximum atomic E-state index is 11.3. The molecule has 4 nitrogen and oxygen atoms in total. The number of carbonyl (C=O) groups is 1. The smallest absolute Gasteiger partial charge is 0.337 e. The Morgan fingerprint density at radius 2 is 2.32 bits per heavy atom. The van der Waals surface area contributed by atoms with Crippen molar-refractivity contribution in [2.75, 3.05) is 12.0 Å². The lowest BCUT2D eigenvalue weighted by Crippen LogP contribution is -2.04. The molecule has 0 saturated heterocycles. The van der Waals surface area contributed by atoms with Crippen molar-refractivity contribution in [3.8, 4) is 0 Å². The Labute approximate surface area is 115 Å². The number of benzene rings is 1. The molecule has 0 spiro atoms. The summed E-state index contributed by atoms with van der Waals surface area (Å²) in [7, 11) is 0. The molecule has 0 radical (unpaired) electrons. The second kappa shape index (κ2) is 4.89. The Balaban J connectivity index is 2.17. The quantitative estimate of drug-likeness (QED) is 0.912. The van der Waals surface area contributed by atoms with E-state index in [2.05, 4.69) is 15.8 Å². The van der Waals surface area contributed by atoms with Crippen molar-refractivity contribution in [2.45, 2.75) is 25.3 Å². The Hall–Kier alpha value is -1.49. The van der Waals surface area contributed by atoms with Gasteiger partial charge in [0.1, 0.15) is 11.3 Å². The summed E-state index contributed by atoms with van der Waals surface area (Å²) in [6, 6.07) is 5.41. The predicted octanol–water partition coefficient (Wildman–Crippen LogP) is 2.97. The van der Waals surface area contributed by atoms with Crippen molar-refractivity contribution in [3.63, 3.8) is 0 Å². The van der Waals surface area contributed by atoms with Gasteiger partial charge in [-0.15, -0.1) is 0 Å². The third kappa shape index (κ3) is 2.23. The van der Waals surface area contributed by atoms with E-state index in [-0.39, 0.29) is 0 Å². The molecule has 5 heteroatoms. The van der Waals surface area contributed by atoms with Gasteiger partial charge in [0, 0.05) is 18.2 Å². The van der Waals surface area contributed by atoms with E-state index in [9.17, 15) is 9.90 Å². The topological polar surface area (TPSA) is 55.1 Å². The zero-order valence-corrected chi connectivity index (χ0v) is 11.6. The molecular weight excluding hydrogens is 260 g/mol. The zero-order valence-electron chi connectivity index (χ0n) is 10.8. The van der Waals surface area contributed by atoms with Crippen LogP contribution in [0.5, 0.6) is 0 Å². The molecule has 2 aromatic rings. The lowest BCUT2D eigenvalue weighted by Gasteiger charge is -2.07. The van der Waals surface area contributed by atoms with Gasteiger partial charge in [-0.2, -0.15) is 11.8 Å². The summed E-state index contributed by atoms with van der Waals surface area (Å²) in [6.07, 6.45) is 4.43. The fraction of sp³-hybridized carbons (Fsp3) is 0.429. The van der Waals surface area contributed by atoms with E-state index in [1.165, 1.54) is 12.8 Å². The molecule has 1 N–H and O–H groups in total. The first-order valence-corrected chi connectivity index (χ1v) is 7.83. The third-order valence-electron chi connectivity index (χ3n) is 3.50. The fourth-order valence-electron chi connectivity index (χ4n) is 2.41. The summed E-state index contributed by atoms with van der Waals surface area (Å²) in [5.41, 5.74) is 1.90. The molecule has 0 aliphatic heterocycles. The van der Waals surface area contributed by atoms with Crippen LogP contribution in [0.1, 0.15) is 34.9 Å². The Morgan fingerprint density at radius 1 is 1.53 bits per heavy atom. The molecule has 1 heterocycles. The first-order valence-electron chi connectivity index (χ1n) is 6.43. The lowest BCUT2D eigenvalue weighted by molar-refractivity contribution is 0.0699. The predicted molar refractivity (Wildman–Crippen MR) is 77.0 cm³/mol. The molecule has 1 aromatic carbocycles. The van der Waals surface area contributed by atoms with Gasteiger partial charge >= 0.3 is 5.97 Å². The number of imidazole rings is 1. The van der Waals surface area contributed by atoms with E-state index in [0.29, 0.717) is 17.0 Å². The molecule has 100 valence electrons. The number of carboxylic acids is 1. The van der Waals surface area contributed by atoms with Crippen molar-refractivity contribution in [1.29, 1.82) is 0 Å². The van der Waals surface area contributed by atoms with Crippen LogP contribution in [0.25, 0.3) is 11.0 Å². The van der Waals surface area contributed by atoms with Crippen molar-refractivity contribution >= 4 is 28.8 Å². The highest BCUT2D eigenvalue weighted by Crippen LogP contribution is 2.41. The molecule has 3 rings (SSSR count). The van der Waals surface area contributed by atoms with Crippen LogP contribution in [0.15, 0.2) is 18.2 Å². The summed E-state index contributed by atoms with van der Waals surface area (Å²) >= 11 is 1.79. The number of aromatic carboxylic acids is 1. The Bertz CT molecular complexity index is 632. The van der Waals surface area contributed by atoms with Gasteiger partial charge in [-0.3, -0.25) is 0 Å². The van der Waals surface area contributed by atoms with Gasteiger partial charge in [-0.1, -0.05) is 6.07 Å². The molecule has 1 aliphatic rings. The highest BCUT2D eigenvalue weighted by atomic mass is 32.2. The van der Waals surface area contributed by atoms with Crippen LogP contribution in [0.3, 0.4) is 0 Å². The second-order valence-corrected chi connectivity index (χ2v) is 5.85. The standard InChI is InChI=1S/C14H16N2O2S/c1-19-8-7-16-11-4-2-3-10(14(17)18)12(11)15-13(16)9-5-6-9/h2-4,9H,5-8H2,1H3,(H,17,18). The van der Waals surface area contributed by atoms with Crippen LogP contribution in [-0.4, -0.2) is 32.6 Å². The maximum absolute atomic E-state index is 11.3. The van der Waals surface area contributed by atoms with Gasteiger partial charge in [0.05, 0.1) is 11.1 Å². The number of aryl methyl sites for hydroxylation is 1. The molecule has 19 heavy (non-hydrogen) atoms. The largest absolute Gasteiger partial charge is 0.478 e. The molecule has 1 aromatic heterocycles. The van der Waals surface area contributed by atoms with Crippen LogP contribution in [-0.2, 0) is 6.54 Å². The van der Waals surface area contributed by atoms with E-state index < -0.39 is 5.97 Å². The number of nitrogens with zero attached hydrogens (tertiary/aromatic N) is 2. The van der Waals surface area contributed by atoms with Gasteiger partial charge < -0.3 is 9.67 Å². The number of hydrogen-bond donors (Lipinski definition) is 1. The van der Waals surface area contributed by atoms with Crippen molar-refractivity contribution in [3.05, 3.63) is 29.6 Å². The minimum atomic E-state index is -0.900. The first-order chi connectivity index (χ1) is 9.22. The number of thioether (sulfide) groups is 1. The Kier molecular flexibility index (Phi) is 3.22. The highest BCUT2D eigenvalue weighted by molar-refractivity contribution is 7.98. The summed E-state index contributed by atoms with van der Waals surface area (Å²) in [4.78, 5) is 15.9. The van der Waals surface area contributed by atoms with Gasteiger partial charge in [0.25, 0.3) is 0 Å². The Morgan fingerprint density at radius 3 is 2.95 bits per heavy atom. The van der Waals surface area contributed by atoms with E-state index in [1.54, 1.807) is 23.9 Å². The second-order valence-electron chi connectivity index (χ2n) is 4.87. The molecule has 0 atom stereocenters. The van der Waals surface area contributed by atoms with E-state index in [0.717, 1.165) is 23.6 Å². The van der Waals surface area contributed by atoms with E-state index in [4.69, 9.17) is 0 Å². The SMILES string of the molecule is CSCCn1c(C2CC2)nc2c(C(=O)O)cccc21. The number of carboxylic acid groups (broad SMARTS) is 1. The van der Waals surface area contributed by atoms with E-state index >= 15 is 0 Å². The average molecular weight is 276 g/mol. The fourth-order valence-corrected chi connectivity index (χ4v) is 2.77. The van der Waals surface area contributed by atoms with Gasteiger partial charge in [-0.25, -0.2) is 9.78 Å². The molecular formula is C14H16N2O2S. The number of hydrogen-bond acceptors (Lipinski definition) is 3. The summed E-state index contributed by atoms with van der Waals surface area (Å²) in [6.45, 7) is 0.895. The minimum Gasteiger partial charge on any atom is -0.478 e. The minimum absolute atomic E-state index is 0.308. The summed E-state index contributed by atoms with van der Waals surface area (Å²) in [5.74, 6) is 1.71. The molecule has 1 fully saturated rings. The monoisotopic (exact) mass is 276 g/mol. The van der Waals surface area contributed by atoms with Crippen LogP contribution in [0, 0.1) is 0 Å². The normalized spacial score (nSPS) is 15.0. The maximum Gasteiger partial charge on any atom is 0.337 e. The molecule has 1 saturated carbocycles. The molecule has 0 amide bonds. The molecule has 0 bridgehead atoms. The highest BCUT2D eigenvalue weighted by Gasteiger charge is 2.30. The van der Waals surface area contributed by atoms with Crippen molar-refractivity contribution in [1.82, 2.24) is 9.55 Å². The molecule has 0 unspecified atom stereocenters. The average Bonchev–Trinajstić information content (AvgIpc) is 3.17. The van der Waals surface area contributed by atoms with Gasteiger partial charge in [0.15, 0.2) is 0 Å². The third-order valence-corrected chi connectivity index (χ3v) is 4.09. The van der Waals surface area contributed by atoms with Crippen molar-refractivity contribution in [2.24, 2.45) is 0 Å². The first kappa shape index (κ1) is 12.5. The lowest BCUT2D eigenvalue weighted by atomic mass is 10.2.